The first kappa shape index (κ1) is 120. The number of fused-ring (bicyclic) bond motifs is 1. The number of para-hydroxylation sites is 1. The maximum Gasteiger partial charge on any atom is 0.357 e. The number of phenols is 2. The molecule has 0 bridgehead atoms. The van der Waals surface area contributed by atoms with Crippen LogP contribution in [-0.2, 0) is 53.6 Å². The van der Waals surface area contributed by atoms with E-state index in [4.69, 9.17) is 38.9 Å². The molecule has 21 heteroatoms. The Kier molecular flexibility index (Phi) is 48.1. The highest BCUT2D eigenvalue weighted by Gasteiger charge is 2.46. The molecular formula is C126H155F4INO13S2-. The Morgan fingerprint density at radius 3 is 1.21 bits per heavy atom. The zero-order valence-corrected chi connectivity index (χ0v) is 93.2. The molecule has 2 aliphatic carbocycles. The summed E-state index contributed by atoms with van der Waals surface area (Å²) >= 11 is -0.0579. The molecule has 147 heavy (non-hydrogen) atoms. The Hall–Kier alpha value is -10.8. The van der Waals surface area contributed by atoms with Crippen LogP contribution in [0, 0.1) is 30.4 Å². The fourth-order valence-corrected chi connectivity index (χ4v) is 20.6. The quantitative estimate of drug-likeness (QED) is 0.0124. The van der Waals surface area contributed by atoms with Crippen LogP contribution in [0.1, 0.15) is 348 Å². The molecule has 2 N–H and O–H groups in total. The third kappa shape index (κ3) is 36.9. The van der Waals surface area contributed by atoms with Gasteiger partial charge in [-0.25, -0.2) is 25.6 Å². The van der Waals surface area contributed by atoms with Crippen LogP contribution >= 0.6 is 0 Å². The van der Waals surface area contributed by atoms with Crippen LogP contribution in [0.3, 0.4) is 0 Å². The van der Waals surface area contributed by atoms with Gasteiger partial charge in [-0.2, -0.15) is 8.78 Å². The minimum atomic E-state index is -5.74. The smallest absolute Gasteiger partial charge is 0.357 e. The van der Waals surface area contributed by atoms with Crippen LogP contribution in [0.5, 0.6) is 28.7 Å². The number of aromatic hydroxyl groups is 2. The summed E-state index contributed by atoms with van der Waals surface area (Å²) in [4.78, 5) is 2.48. The van der Waals surface area contributed by atoms with Crippen molar-refractivity contribution in [2.45, 2.75) is 340 Å². The summed E-state index contributed by atoms with van der Waals surface area (Å²) in [5, 5.41) is 19.2. The van der Waals surface area contributed by atoms with Gasteiger partial charge in [0.15, 0.2) is 24.5 Å². The summed E-state index contributed by atoms with van der Waals surface area (Å²) in [6.07, 6.45) is 20.9. The van der Waals surface area contributed by atoms with Crippen molar-refractivity contribution >= 4 is 31.1 Å². The second kappa shape index (κ2) is 59.0. The van der Waals surface area contributed by atoms with Crippen molar-refractivity contribution in [1.29, 1.82) is 0 Å². The first-order valence-corrected chi connectivity index (χ1v) is 57.4. The summed E-state index contributed by atoms with van der Waals surface area (Å²) < 4.78 is 153. The lowest BCUT2D eigenvalue weighted by Gasteiger charge is -2.44. The number of ether oxygens (including phenoxy) is 5. The van der Waals surface area contributed by atoms with Crippen LogP contribution in [0.15, 0.2) is 301 Å². The summed E-state index contributed by atoms with van der Waals surface area (Å²) in [5.74, 6) is -4.04. The van der Waals surface area contributed by atoms with E-state index >= 15 is 0 Å². The van der Waals surface area contributed by atoms with Crippen molar-refractivity contribution in [2.24, 2.45) is 0 Å². The standard InChI is InChI=1S/C31H39NO2.C28H34O2.C20H26I.C17H16F4O4S.C10H14O3S.2C10H14O/c1-3-23(2)24-15-17-28(18-16-24)34-30(33-27-12-6-7-13-27)31(19-9-4-10-20-31)26-21-25-11-5-8-14-29(25)32-22-26;1-5-22(4)24-16-18-26(19-17-24)30-28(29-21(2)3)27(25-14-10-7-11-15-25)20-23-12-8-6-9-13-23;1-6-15(2)16-7-11-18(12-8-16)21-19-13-9-17(10-14-19)20(3,4)5;1-3-9(2)11-6-4-10(5-7-11)8-25-16-12(18)14(20)17(26(22,23)24)15(21)13(16)19;1-3-8(2)9-4-6-10(7-5-9)14(11,12)13;2*1-3-8(2)9-4-6-10(11)7-5-9/h5,8,11,14-18,21-23,27,30H,3-4,6-7,9-10,12-13,19-20H2,1-2H3;6-19,21-22,27-28H,5,20H2,1-4H3;7-15H,6H2,1-5H3;4-7,9H,3,8H2,1-2H3,(H,22,23,24);4-8H,3H2,1-2H3,(H,11,12,13);2*4-8,11H,3H2,1-2H3/q;;+1;;;;/p-2. The van der Waals surface area contributed by atoms with Crippen LogP contribution in [-0.4, -0.2) is 65.9 Å². The maximum atomic E-state index is 13.8. The fraction of sp³-hybridized carbons (Fsp3) is 0.405. The summed E-state index contributed by atoms with van der Waals surface area (Å²) in [7, 11) is -10.0. The molecule has 0 radical (unpaired) electrons. The van der Waals surface area contributed by atoms with Gasteiger partial charge in [0.25, 0.3) is 0 Å². The minimum Gasteiger partial charge on any atom is -0.744 e. The predicted octanol–water partition coefficient (Wildman–Crippen LogP) is 30.5. The zero-order valence-electron chi connectivity index (χ0n) is 89.4. The van der Waals surface area contributed by atoms with Gasteiger partial charge in [0.2, 0.25) is 24.2 Å². The lowest BCUT2D eigenvalue weighted by atomic mass is 9.69. The van der Waals surface area contributed by atoms with Gasteiger partial charge in [-0.1, -0.05) is 338 Å². The first-order chi connectivity index (χ1) is 70.1. The number of hydrogen-bond donors (Lipinski definition) is 2. The third-order valence-electron chi connectivity index (χ3n) is 28.3. The second-order valence-corrected chi connectivity index (χ2v) is 46.0. The molecule has 14 nitrogen and oxygen atoms in total. The van der Waals surface area contributed by atoms with Crippen molar-refractivity contribution in [2.75, 3.05) is 0 Å². The number of pyridine rings is 1. The van der Waals surface area contributed by atoms with Gasteiger partial charge in [-0.15, -0.1) is 0 Å². The molecule has 0 amide bonds. The number of aromatic nitrogens is 1. The average molecular weight is 2160 g/mol. The van der Waals surface area contributed by atoms with Gasteiger partial charge in [-0.05, 0) is 302 Å². The molecule has 12 aromatic carbocycles. The Labute approximate surface area is 885 Å². The number of nitrogens with zero attached hydrogens (tertiary/aromatic N) is 1. The van der Waals surface area contributed by atoms with Gasteiger partial charge in [0, 0.05) is 11.6 Å². The van der Waals surface area contributed by atoms with Crippen LogP contribution < -0.4 is 35.4 Å². The first-order valence-electron chi connectivity index (χ1n) is 52.4. The Morgan fingerprint density at radius 1 is 0.422 bits per heavy atom. The molecule has 1 heterocycles. The molecule has 790 valence electrons. The topological polar surface area (TPSA) is 214 Å². The molecule has 0 saturated heterocycles. The highest BCUT2D eigenvalue weighted by Crippen LogP contribution is 2.47. The average Bonchev–Trinajstić information content (AvgIpc) is 1.34. The van der Waals surface area contributed by atoms with Gasteiger partial charge >= 0.3 is 21.2 Å². The highest BCUT2D eigenvalue weighted by molar-refractivity contribution is 7.86. The van der Waals surface area contributed by atoms with Crippen molar-refractivity contribution in [1.82, 2.24) is 4.98 Å². The Morgan fingerprint density at radius 2 is 0.803 bits per heavy atom. The SMILES string of the molecule is CCC(C)c1ccc(COc2c(F)c(F)c(S(=O)(=O)[O-])c(F)c2F)cc1.CCC(C)c1ccc(O)cc1.CCC(C)c1ccc(O)cc1.CCC(C)c1ccc(OC(OC(C)C)C(Cc2ccccc2)c2ccccc2)cc1.CCC(C)c1ccc(OC(OC2CCCC2)C2(c3cnc4ccccc4c3)CCCCC2)cc1.CCC(C)c1ccc(S(=O)(=O)[O-])cc1.CCC(C)c1ccc([I+]c2ccc(C(C)(C)C)cc2)cc1. The monoisotopic (exact) mass is 2160 g/mol. The number of phenolic OH excluding ortho intramolecular Hbond substituents is 2. The Bertz CT molecular complexity index is 6210. The van der Waals surface area contributed by atoms with Crippen molar-refractivity contribution in [3.05, 3.63) is 388 Å². The van der Waals surface area contributed by atoms with Gasteiger partial charge in [-0.3, -0.25) is 4.98 Å². The highest BCUT2D eigenvalue weighted by atomic mass is 127. The van der Waals surface area contributed by atoms with Gasteiger partial charge < -0.3 is 43.0 Å². The van der Waals surface area contributed by atoms with E-state index in [1.165, 1.54) is 113 Å². The van der Waals surface area contributed by atoms with Crippen LogP contribution in [0.2, 0.25) is 0 Å². The molecule has 2 aliphatic rings. The van der Waals surface area contributed by atoms with E-state index in [0.29, 0.717) is 58.5 Å². The molecule has 1 aromatic heterocycles. The molecule has 0 aliphatic heterocycles. The van der Waals surface area contributed by atoms with E-state index in [1.807, 2.05) is 38.1 Å². The zero-order chi connectivity index (χ0) is 107. The third-order valence-corrected chi connectivity index (χ3v) is 32.7. The van der Waals surface area contributed by atoms with E-state index in [2.05, 4.69) is 312 Å². The van der Waals surface area contributed by atoms with E-state index in [-0.39, 0.29) is 67.6 Å². The maximum absolute atomic E-state index is 13.8. The molecule has 0 spiro atoms. The molecule has 2 saturated carbocycles. The number of halogens is 5. The van der Waals surface area contributed by atoms with Crippen molar-refractivity contribution in [3.8, 4) is 28.7 Å². The van der Waals surface area contributed by atoms with E-state index < -0.39 is 60.8 Å². The van der Waals surface area contributed by atoms with Gasteiger partial charge in [0.1, 0.15) is 54.7 Å². The summed E-state index contributed by atoms with van der Waals surface area (Å²) in [6, 6.07) is 95.4. The number of rotatable bonds is 35. The molecule has 13 aromatic rings. The predicted molar refractivity (Wildman–Crippen MR) is 583 cm³/mol. The minimum absolute atomic E-state index is 0.0579. The van der Waals surface area contributed by atoms with Gasteiger partial charge in [0.05, 0.1) is 34.0 Å². The molecule has 15 rings (SSSR count). The Balaban J connectivity index is 0.000000198. The fourth-order valence-electron chi connectivity index (χ4n) is 17.3. The molecular weight excluding hydrogens is 2000 g/mol. The molecule has 10 unspecified atom stereocenters. The second-order valence-electron chi connectivity index (χ2n) is 40.3. The van der Waals surface area contributed by atoms with E-state index in [1.54, 1.807) is 60.7 Å². The van der Waals surface area contributed by atoms with Crippen LogP contribution in [0.4, 0.5) is 17.6 Å². The number of benzene rings is 12. The van der Waals surface area contributed by atoms with Crippen molar-refractivity contribution < 1.29 is 98.6 Å². The summed E-state index contributed by atoms with van der Waals surface area (Å²) in [6.45, 7) is 40.9. The summed E-state index contributed by atoms with van der Waals surface area (Å²) in [5.41, 5.74) is 15.6. The number of hydrogen-bond acceptors (Lipinski definition) is 14. The normalized spacial score (nSPS) is 15.0. The van der Waals surface area contributed by atoms with Crippen LogP contribution in [0.25, 0.3) is 10.9 Å². The lowest BCUT2D eigenvalue weighted by Crippen LogP contribution is -3.61. The molecule has 2 fully saturated rings. The lowest BCUT2D eigenvalue weighted by molar-refractivity contribution is -0.597. The van der Waals surface area contributed by atoms with E-state index in [9.17, 15) is 43.5 Å². The van der Waals surface area contributed by atoms with E-state index in [0.717, 1.165) is 98.8 Å². The van der Waals surface area contributed by atoms with Crippen molar-refractivity contribution in [3.63, 3.8) is 0 Å². The largest absolute Gasteiger partial charge is 0.744 e. The molecule has 10 atom stereocenters.